The minimum absolute atomic E-state index is 0.0633. The van der Waals surface area contributed by atoms with Crippen LogP contribution in [0.1, 0.15) is 49.9 Å². The van der Waals surface area contributed by atoms with E-state index >= 15 is 0 Å². The van der Waals surface area contributed by atoms with Crippen LogP contribution in [-0.2, 0) is 9.53 Å². The Morgan fingerprint density at radius 3 is 2.52 bits per heavy atom. The maximum Gasteiger partial charge on any atom is 0.338 e. The van der Waals surface area contributed by atoms with Crippen molar-refractivity contribution in [3.8, 4) is 0 Å². The lowest BCUT2D eigenvalue weighted by Gasteiger charge is -2.29. The van der Waals surface area contributed by atoms with Crippen LogP contribution >= 0.6 is 0 Å². The number of carbonyl (C=O) groups excluding carboxylic acids is 2. The highest BCUT2D eigenvalue weighted by molar-refractivity contribution is 5.94. The van der Waals surface area contributed by atoms with Crippen LogP contribution in [0, 0.1) is 5.92 Å². The topological polar surface area (TPSA) is 67.4 Å². The molecule has 1 amide bonds. The summed E-state index contributed by atoms with van der Waals surface area (Å²) in [7, 11) is 0. The smallest absolute Gasteiger partial charge is 0.338 e. The quantitative estimate of drug-likeness (QED) is 0.791. The summed E-state index contributed by atoms with van der Waals surface area (Å²) in [5, 5.41) is 6.19. The van der Waals surface area contributed by atoms with Crippen LogP contribution in [0.4, 0.5) is 5.69 Å². The molecule has 1 aliphatic carbocycles. The van der Waals surface area contributed by atoms with E-state index in [1.807, 2.05) is 0 Å². The van der Waals surface area contributed by atoms with Crippen molar-refractivity contribution in [2.75, 3.05) is 18.5 Å². The molecule has 0 aliphatic heterocycles. The Morgan fingerprint density at radius 2 is 1.87 bits per heavy atom. The minimum atomic E-state index is -0.349. The van der Waals surface area contributed by atoms with Gasteiger partial charge in [-0.15, -0.1) is 0 Å². The number of ether oxygens (including phenoxy) is 1. The Labute approximate surface area is 137 Å². The lowest BCUT2D eigenvalue weighted by atomic mass is 9.86. The molecule has 23 heavy (non-hydrogen) atoms. The molecule has 2 rings (SSSR count). The normalized spacial score (nSPS) is 20.8. The van der Waals surface area contributed by atoms with Gasteiger partial charge >= 0.3 is 5.97 Å². The molecule has 0 bridgehead atoms. The van der Waals surface area contributed by atoms with E-state index < -0.39 is 0 Å². The molecule has 2 atom stereocenters. The highest BCUT2D eigenvalue weighted by Gasteiger charge is 2.21. The van der Waals surface area contributed by atoms with E-state index in [0.29, 0.717) is 36.4 Å². The largest absolute Gasteiger partial charge is 0.462 e. The average Bonchev–Trinajstić information content (AvgIpc) is 2.55. The zero-order valence-corrected chi connectivity index (χ0v) is 13.9. The van der Waals surface area contributed by atoms with Gasteiger partial charge in [-0.1, -0.05) is 19.8 Å². The summed E-state index contributed by atoms with van der Waals surface area (Å²) in [4.78, 5) is 23.6. The van der Waals surface area contributed by atoms with Crippen molar-refractivity contribution in [2.24, 2.45) is 5.92 Å². The summed E-state index contributed by atoms with van der Waals surface area (Å²) in [5.41, 5.74) is 1.17. The number of rotatable bonds is 6. The van der Waals surface area contributed by atoms with Gasteiger partial charge in [-0.3, -0.25) is 4.79 Å². The molecular weight excluding hydrogens is 292 g/mol. The fraction of sp³-hybridized carbons (Fsp3) is 0.556. The number of esters is 1. The molecule has 0 radical (unpaired) electrons. The predicted octanol–water partition coefficient (Wildman–Crippen LogP) is 2.97. The fourth-order valence-corrected chi connectivity index (χ4v) is 2.95. The van der Waals surface area contributed by atoms with Crippen molar-refractivity contribution < 1.29 is 14.3 Å². The molecule has 2 N–H and O–H groups in total. The van der Waals surface area contributed by atoms with Gasteiger partial charge in [0.1, 0.15) is 0 Å². The van der Waals surface area contributed by atoms with Gasteiger partial charge in [0, 0.05) is 11.7 Å². The van der Waals surface area contributed by atoms with Crippen LogP contribution < -0.4 is 10.6 Å². The van der Waals surface area contributed by atoms with Gasteiger partial charge in [-0.05, 0) is 49.9 Å². The van der Waals surface area contributed by atoms with Crippen molar-refractivity contribution in [2.45, 2.75) is 45.6 Å². The molecule has 1 saturated carbocycles. The highest BCUT2D eigenvalue weighted by Crippen LogP contribution is 2.23. The third-order valence-electron chi connectivity index (χ3n) is 4.32. The van der Waals surface area contributed by atoms with E-state index in [4.69, 9.17) is 4.74 Å². The van der Waals surface area contributed by atoms with E-state index in [1.54, 1.807) is 31.2 Å². The fourth-order valence-electron chi connectivity index (χ4n) is 2.95. The molecule has 0 heterocycles. The van der Waals surface area contributed by atoms with Gasteiger partial charge in [-0.2, -0.15) is 0 Å². The number of benzene rings is 1. The monoisotopic (exact) mass is 318 g/mol. The summed E-state index contributed by atoms with van der Waals surface area (Å²) in [6.45, 7) is 4.67. The third kappa shape index (κ3) is 5.36. The molecule has 0 spiro atoms. The van der Waals surface area contributed by atoms with Crippen LogP contribution in [0.3, 0.4) is 0 Å². The molecule has 1 aromatic carbocycles. The van der Waals surface area contributed by atoms with Crippen LogP contribution in [0.2, 0.25) is 0 Å². The van der Waals surface area contributed by atoms with E-state index in [9.17, 15) is 9.59 Å². The van der Waals surface area contributed by atoms with E-state index in [1.165, 1.54) is 19.3 Å². The van der Waals surface area contributed by atoms with Crippen molar-refractivity contribution in [1.82, 2.24) is 5.32 Å². The van der Waals surface area contributed by atoms with Crippen molar-refractivity contribution in [1.29, 1.82) is 0 Å². The first-order valence-electron chi connectivity index (χ1n) is 8.40. The molecule has 5 heteroatoms. The summed E-state index contributed by atoms with van der Waals surface area (Å²) in [6, 6.07) is 7.18. The highest BCUT2D eigenvalue weighted by atomic mass is 16.5. The Morgan fingerprint density at radius 1 is 1.17 bits per heavy atom. The van der Waals surface area contributed by atoms with Gasteiger partial charge in [0.25, 0.3) is 0 Å². The number of amides is 1. The van der Waals surface area contributed by atoms with E-state index in [2.05, 4.69) is 17.6 Å². The molecule has 2 unspecified atom stereocenters. The van der Waals surface area contributed by atoms with Crippen LogP contribution in [-0.4, -0.2) is 31.1 Å². The first kappa shape index (κ1) is 17.5. The molecule has 0 saturated heterocycles. The van der Waals surface area contributed by atoms with E-state index in [-0.39, 0.29) is 11.9 Å². The van der Waals surface area contributed by atoms with Crippen LogP contribution in [0.25, 0.3) is 0 Å². The first-order chi connectivity index (χ1) is 11.1. The summed E-state index contributed by atoms with van der Waals surface area (Å²) < 4.78 is 4.93. The Balaban J connectivity index is 1.79. The van der Waals surface area contributed by atoms with Crippen molar-refractivity contribution in [3.05, 3.63) is 29.8 Å². The van der Waals surface area contributed by atoms with Gasteiger partial charge in [0.05, 0.1) is 18.7 Å². The minimum Gasteiger partial charge on any atom is -0.462 e. The molecule has 126 valence electrons. The molecule has 1 aliphatic rings. The number of hydrogen-bond acceptors (Lipinski definition) is 4. The van der Waals surface area contributed by atoms with Crippen LogP contribution in [0.5, 0.6) is 0 Å². The van der Waals surface area contributed by atoms with Gasteiger partial charge < -0.3 is 15.4 Å². The maximum atomic E-state index is 12.0. The van der Waals surface area contributed by atoms with Crippen molar-refractivity contribution in [3.63, 3.8) is 0 Å². The Hall–Kier alpha value is -1.88. The number of nitrogens with one attached hydrogen (secondary N) is 2. The van der Waals surface area contributed by atoms with Gasteiger partial charge in [0.2, 0.25) is 5.91 Å². The molecular formula is C18H26N2O3. The zero-order chi connectivity index (χ0) is 16.7. The SMILES string of the molecule is CCOC(=O)c1ccc(NC(=O)CNC2CCCCC2C)cc1. The second kappa shape index (κ2) is 8.67. The van der Waals surface area contributed by atoms with E-state index in [0.717, 1.165) is 6.42 Å². The molecule has 0 aromatic heterocycles. The second-order valence-electron chi connectivity index (χ2n) is 6.10. The first-order valence-corrected chi connectivity index (χ1v) is 8.40. The van der Waals surface area contributed by atoms with Crippen molar-refractivity contribution >= 4 is 17.6 Å². The predicted molar refractivity (Wildman–Crippen MR) is 90.5 cm³/mol. The molecule has 1 fully saturated rings. The average molecular weight is 318 g/mol. The number of hydrogen-bond donors (Lipinski definition) is 2. The summed E-state index contributed by atoms with van der Waals surface area (Å²) in [6.07, 6.45) is 4.90. The summed E-state index contributed by atoms with van der Waals surface area (Å²) in [5.74, 6) is 0.213. The molecule has 1 aromatic rings. The molecule has 5 nitrogen and oxygen atoms in total. The Kier molecular flexibility index (Phi) is 6.59. The van der Waals surface area contributed by atoms with Crippen LogP contribution in [0.15, 0.2) is 24.3 Å². The lowest BCUT2D eigenvalue weighted by Crippen LogP contribution is -2.41. The standard InChI is InChI=1S/C18H26N2O3/c1-3-23-18(22)14-8-10-15(11-9-14)20-17(21)12-19-16-7-5-4-6-13(16)2/h8-11,13,16,19H,3-7,12H2,1-2H3,(H,20,21). The Bertz CT molecular complexity index is 528. The third-order valence-corrected chi connectivity index (χ3v) is 4.32. The second-order valence-corrected chi connectivity index (χ2v) is 6.10. The lowest BCUT2D eigenvalue weighted by molar-refractivity contribution is -0.115. The van der Waals surface area contributed by atoms with Gasteiger partial charge in [-0.25, -0.2) is 4.79 Å². The number of carbonyl (C=O) groups is 2. The zero-order valence-electron chi connectivity index (χ0n) is 13.9. The van der Waals surface area contributed by atoms with Gasteiger partial charge in [0.15, 0.2) is 0 Å². The maximum absolute atomic E-state index is 12.0. The summed E-state index contributed by atoms with van der Waals surface area (Å²) >= 11 is 0. The number of anilines is 1.